The molecule has 0 heterocycles. The van der Waals surface area contributed by atoms with Crippen LogP contribution in [0.25, 0.3) is 0 Å². The first-order valence-corrected chi connectivity index (χ1v) is 7.24. The van der Waals surface area contributed by atoms with Crippen LogP contribution in [0.2, 0.25) is 0 Å². The van der Waals surface area contributed by atoms with Crippen LogP contribution in [-0.2, 0) is 4.79 Å². The molecule has 4 heteroatoms. The molecule has 2 rings (SSSR count). The van der Waals surface area contributed by atoms with Crippen molar-refractivity contribution in [1.29, 1.82) is 0 Å². The molecule has 20 heavy (non-hydrogen) atoms. The third-order valence-corrected chi connectivity index (χ3v) is 4.19. The highest BCUT2D eigenvalue weighted by molar-refractivity contribution is 5.75. The molecule has 0 saturated heterocycles. The predicted molar refractivity (Wildman–Crippen MR) is 77.9 cm³/mol. The first kappa shape index (κ1) is 14.9. The Morgan fingerprint density at radius 3 is 2.50 bits per heavy atom. The van der Waals surface area contributed by atoms with Gasteiger partial charge >= 0.3 is 5.97 Å². The van der Waals surface area contributed by atoms with Gasteiger partial charge in [0.1, 0.15) is 11.8 Å². The van der Waals surface area contributed by atoms with E-state index >= 15 is 0 Å². The van der Waals surface area contributed by atoms with Gasteiger partial charge < -0.3 is 9.84 Å². The summed E-state index contributed by atoms with van der Waals surface area (Å²) in [5.41, 5.74) is 0.774. The van der Waals surface area contributed by atoms with Gasteiger partial charge in [0.2, 0.25) is 0 Å². The number of hydrogen-bond acceptors (Lipinski definition) is 3. The summed E-state index contributed by atoms with van der Waals surface area (Å²) in [6.45, 7) is 2.20. The summed E-state index contributed by atoms with van der Waals surface area (Å²) in [4.78, 5) is 11.5. The van der Waals surface area contributed by atoms with Crippen molar-refractivity contribution in [3.63, 3.8) is 0 Å². The molecule has 1 aliphatic rings. The second-order valence-corrected chi connectivity index (χ2v) is 5.58. The Bertz CT molecular complexity index is 444. The fourth-order valence-electron chi connectivity index (χ4n) is 2.88. The molecule has 0 aromatic heterocycles. The van der Waals surface area contributed by atoms with Crippen molar-refractivity contribution in [1.82, 2.24) is 5.32 Å². The zero-order valence-corrected chi connectivity index (χ0v) is 12.1. The van der Waals surface area contributed by atoms with E-state index in [1.807, 2.05) is 12.1 Å². The first-order chi connectivity index (χ1) is 9.61. The standard InChI is InChI=1S/C16H23NO3/c1-11-5-3-4-6-14(11)17-15(16(18)19)12-7-9-13(20-2)10-8-12/h7-11,14-15,17H,3-6H2,1-2H3,(H,18,19). The van der Waals surface area contributed by atoms with E-state index in [1.54, 1.807) is 19.2 Å². The zero-order chi connectivity index (χ0) is 14.5. The molecule has 1 saturated carbocycles. The maximum absolute atomic E-state index is 11.5. The SMILES string of the molecule is COc1ccc(C(NC2CCCCC2C)C(=O)O)cc1. The minimum atomic E-state index is -0.826. The normalized spacial score (nSPS) is 24.1. The number of hydrogen-bond donors (Lipinski definition) is 2. The van der Waals surface area contributed by atoms with Crippen molar-refractivity contribution in [2.45, 2.75) is 44.7 Å². The Labute approximate surface area is 120 Å². The Morgan fingerprint density at radius 1 is 1.30 bits per heavy atom. The van der Waals surface area contributed by atoms with Crippen molar-refractivity contribution in [3.05, 3.63) is 29.8 Å². The summed E-state index contributed by atoms with van der Waals surface area (Å²) in [6.07, 6.45) is 4.66. The van der Waals surface area contributed by atoms with Crippen molar-refractivity contribution in [3.8, 4) is 5.75 Å². The molecule has 0 spiro atoms. The van der Waals surface area contributed by atoms with E-state index in [0.717, 1.165) is 17.7 Å². The molecule has 4 nitrogen and oxygen atoms in total. The van der Waals surface area contributed by atoms with Gasteiger partial charge in [-0.3, -0.25) is 10.1 Å². The number of carbonyl (C=O) groups is 1. The van der Waals surface area contributed by atoms with Gasteiger partial charge in [0.15, 0.2) is 0 Å². The van der Waals surface area contributed by atoms with E-state index in [2.05, 4.69) is 12.2 Å². The molecule has 0 radical (unpaired) electrons. The fourth-order valence-corrected chi connectivity index (χ4v) is 2.88. The first-order valence-electron chi connectivity index (χ1n) is 7.24. The number of methoxy groups -OCH3 is 1. The molecule has 1 aromatic carbocycles. The lowest BCUT2D eigenvalue weighted by Gasteiger charge is -2.32. The van der Waals surface area contributed by atoms with Crippen LogP contribution in [0.4, 0.5) is 0 Å². The number of benzene rings is 1. The van der Waals surface area contributed by atoms with Gasteiger partial charge in [-0.05, 0) is 36.5 Å². The van der Waals surface area contributed by atoms with Gasteiger partial charge in [0.25, 0.3) is 0 Å². The van der Waals surface area contributed by atoms with Crippen LogP contribution in [0, 0.1) is 5.92 Å². The monoisotopic (exact) mass is 277 g/mol. The minimum absolute atomic E-state index is 0.284. The van der Waals surface area contributed by atoms with Crippen molar-refractivity contribution in [2.24, 2.45) is 5.92 Å². The lowest BCUT2D eigenvalue weighted by Crippen LogP contribution is -2.42. The summed E-state index contributed by atoms with van der Waals surface area (Å²) < 4.78 is 5.11. The third-order valence-electron chi connectivity index (χ3n) is 4.19. The van der Waals surface area contributed by atoms with Gasteiger partial charge in [-0.1, -0.05) is 31.9 Å². The molecule has 1 fully saturated rings. The minimum Gasteiger partial charge on any atom is -0.497 e. The van der Waals surface area contributed by atoms with E-state index in [1.165, 1.54) is 19.3 Å². The van der Waals surface area contributed by atoms with Crippen LogP contribution in [0.1, 0.15) is 44.2 Å². The maximum atomic E-state index is 11.5. The molecule has 110 valence electrons. The molecule has 0 bridgehead atoms. The molecule has 0 aliphatic heterocycles. The number of ether oxygens (including phenoxy) is 1. The van der Waals surface area contributed by atoms with Crippen molar-refractivity contribution in [2.75, 3.05) is 7.11 Å². The summed E-state index contributed by atoms with van der Waals surface area (Å²) in [7, 11) is 1.60. The lowest BCUT2D eigenvalue weighted by atomic mass is 9.85. The zero-order valence-electron chi connectivity index (χ0n) is 12.1. The van der Waals surface area contributed by atoms with Crippen LogP contribution in [0.3, 0.4) is 0 Å². The van der Waals surface area contributed by atoms with E-state index in [4.69, 9.17) is 4.74 Å². The van der Waals surface area contributed by atoms with E-state index < -0.39 is 12.0 Å². The number of aliphatic carboxylic acids is 1. The summed E-state index contributed by atoms with van der Waals surface area (Å²) in [5.74, 6) is 0.445. The lowest BCUT2D eigenvalue weighted by molar-refractivity contribution is -0.140. The summed E-state index contributed by atoms with van der Waals surface area (Å²) in [5, 5.41) is 12.8. The van der Waals surface area contributed by atoms with Crippen LogP contribution in [0.5, 0.6) is 5.75 Å². The van der Waals surface area contributed by atoms with Crippen LogP contribution >= 0.6 is 0 Å². The fraction of sp³-hybridized carbons (Fsp3) is 0.562. The molecule has 1 aromatic rings. The van der Waals surface area contributed by atoms with Crippen molar-refractivity contribution < 1.29 is 14.6 Å². The van der Waals surface area contributed by atoms with Crippen LogP contribution in [0.15, 0.2) is 24.3 Å². The Morgan fingerprint density at radius 2 is 1.95 bits per heavy atom. The quantitative estimate of drug-likeness (QED) is 0.868. The molecule has 1 aliphatic carbocycles. The maximum Gasteiger partial charge on any atom is 0.325 e. The number of nitrogens with one attached hydrogen (secondary N) is 1. The highest BCUT2D eigenvalue weighted by Crippen LogP contribution is 2.27. The molecular formula is C16H23NO3. The van der Waals surface area contributed by atoms with Gasteiger partial charge in [0, 0.05) is 6.04 Å². The largest absolute Gasteiger partial charge is 0.497 e. The highest BCUT2D eigenvalue weighted by Gasteiger charge is 2.28. The second kappa shape index (κ2) is 6.75. The van der Waals surface area contributed by atoms with E-state index in [-0.39, 0.29) is 6.04 Å². The van der Waals surface area contributed by atoms with Gasteiger partial charge in [-0.25, -0.2) is 0 Å². The topological polar surface area (TPSA) is 58.6 Å². The average Bonchev–Trinajstić information content (AvgIpc) is 2.46. The van der Waals surface area contributed by atoms with Gasteiger partial charge in [-0.2, -0.15) is 0 Å². The van der Waals surface area contributed by atoms with E-state index in [0.29, 0.717) is 5.92 Å². The van der Waals surface area contributed by atoms with Crippen LogP contribution in [-0.4, -0.2) is 24.2 Å². The predicted octanol–water partition coefficient (Wildman–Crippen LogP) is 2.99. The van der Waals surface area contributed by atoms with Gasteiger partial charge in [-0.15, -0.1) is 0 Å². The molecule has 2 N–H and O–H groups in total. The molecular weight excluding hydrogens is 254 g/mol. The van der Waals surface area contributed by atoms with Crippen molar-refractivity contribution >= 4 is 5.97 Å². The Balaban J connectivity index is 2.11. The second-order valence-electron chi connectivity index (χ2n) is 5.58. The third kappa shape index (κ3) is 3.51. The number of carboxylic acids is 1. The van der Waals surface area contributed by atoms with Crippen LogP contribution < -0.4 is 10.1 Å². The Hall–Kier alpha value is -1.55. The van der Waals surface area contributed by atoms with E-state index in [9.17, 15) is 9.90 Å². The molecule has 3 unspecified atom stereocenters. The number of rotatable bonds is 5. The Kier molecular flexibility index (Phi) is 5.01. The number of carboxylic acid groups (broad SMARTS) is 1. The summed E-state index contributed by atoms with van der Waals surface area (Å²) in [6, 6.07) is 6.88. The summed E-state index contributed by atoms with van der Waals surface area (Å²) >= 11 is 0. The smallest absolute Gasteiger partial charge is 0.325 e. The van der Waals surface area contributed by atoms with Gasteiger partial charge in [0.05, 0.1) is 7.11 Å². The average molecular weight is 277 g/mol. The molecule has 3 atom stereocenters. The molecule has 0 amide bonds. The highest BCUT2D eigenvalue weighted by atomic mass is 16.5.